The Morgan fingerprint density at radius 3 is 2.56 bits per heavy atom. The Labute approximate surface area is 99.8 Å². The van der Waals surface area contributed by atoms with Gasteiger partial charge in [0.15, 0.2) is 5.75 Å². The number of alkyl halides is 4. The summed E-state index contributed by atoms with van der Waals surface area (Å²) in [4.78, 5) is 3.33. The summed E-state index contributed by atoms with van der Waals surface area (Å²) < 4.78 is 57.3. The highest BCUT2D eigenvalue weighted by molar-refractivity contribution is 5.47. The zero-order valence-electron chi connectivity index (χ0n) is 9.21. The van der Waals surface area contributed by atoms with Crippen LogP contribution in [0.25, 0.3) is 0 Å². The Kier molecular flexibility index (Phi) is 4.31. The van der Waals surface area contributed by atoms with Gasteiger partial charge in [-0.3, -0.25) is 0 Å². The zero-order valence-corrected chi connectivity index (χ0v) is 9.21. The molecule has 0 saturated carbocycles. The molecule has 4 nitrogen and oxygen atoms in total. The van der Waals surface area contributed by atoms with E-state index in [-0.39, 0.29) is 23.3 Å². The van der Waals surface area contributed by atoms with E-state index >= 15 is 0 Å². The normalized spacial score (nSPS) is 10.9. The number of methoxy groups -OCH3 is 1. The van der Waals surface area contributed by atoms with Crippen LogP contribution in [0.3, 0.4) is 0 Å². The molecule has 0 amide bonds. The second-order valence-corrected chi connectivity index (χ2v) is 3.12. The van der Waals surface area contributed by atoms with Gasteiger partial charge in [-0.1, -0.05) is 0 Å². The standard InChI is InChI=1S/C10H8F4N2O2/c1-17-8-7(2-3-15)6(4-11)5-16-9(8)18-10(12,13)14/h5H,2,4H2,1H3. The van der Waals surface area contributed by atoms with Gasteiger partial charge < -0.3 is 9.47 Å². The summed E-state index contributed by atoms with van der Waals surface area (Å²) in [5.41, 5.74) is -0.0142. The van der Waals surface area contributed by atoms with Crippen LogP contribution in [0.15, 0.2) is 6.20 Å². The first-order valence-electron chi connectivity index (χ1n) is 4.66. The van der Waals surface area contributed by atoms with E-state index in [0.717, 1.165) is 13.3 Å². The van der Waals surface area contributed by atoms with Crippen molar-refractivity contribution in [2.75, 3.05) is 7.11 Å². The highest BCUT2D eigenvalue weighted by atomic mass is 19.4. The fourth-order valence-corrected chi connectivity index (χ4v) is 1.33. The molecular formula is C10H8F4N2O2. The molecule has 0 unspecified atom stereocenters. The second-order valence-electron chi connectivity index (χ2n) is 3.12. The SMILES string of the molecule is COc1c(OC(F)(F)F)ncc(CF)c1CC#N. The molecule has 18 heavy (non-hydrogen) atoms. The molecule has 1 aromatic heterocycles. The number of halogens is 4. The van der Waals surface area contributed by atoms with E-state index in [0.29, 0.717) is 0 Å². The zero-order chi connectivity index (χ0) is 13.8. The lowest BCUT2D eigenvalue weighted by Crippen LogP contribution is -2.19. The first-order chi connectivity index (χ1) is 8.42. The van der Waals surface area contributed by atoms with E-state index in [1.165, 1.54) is 0 Å². The van der Waals surface area contributed by atoms with Crippen molar-refractivity contribution >= 4 is 0 Å². The molecule has 8 heteroatoms. The van der Waals surface area contributed by atoms with Gasteiger partial charge >= 0.3 is 6.36 Å². The van der Waals surface area contributed by atoms with Gasteiger partial charge in [-0.15, -0.1) is 13.2 Å². The van der Waals surface area contributed by atoms with Crippen LogP contribution < -0.4 is 9.47 Å². The number of ether oxygens (including phenoxy) is 2. The molecule has 0 spiro atoms. The Morgan fingerprint density at radius 2 is 2.11 bits per heavy atom. The van der Waals surface area contributed by atoms with E-state index in [1.54, 1.807) is 6.07 Å². The van der Waals surface area contributed by atoms with E-state index in [1.807, 2.05) is 0 Å². The van der Waals surface area contributed by atoms with Crippen molar-refractivity contribution < 1.29 is 27.0 Å². The Bertz CT molecular complexity index is 468. The molecule has 0 fully saturated rings. The number of aromatic nitrogens is 1. The summed E-state index contributed by atoms with van der Waals surface area (Å²) >= 11 is 0. The van der Waals surface area contributed by atoms with Gasteiger partial charge in [-0.25, -0.2) is 9.37 Å². The molecule has 0 aromatic carbocycles. The first-order valence-corrected chi connectivity index (χ1v) is 4.66. The lowest BCUT2D eigenvalue weighted by atomic mass is 10.1. The Balaban J connectivity index is 3.29. The third kappa shape index (κ3) is 3.23. The van der Waals surface area contributed by atoms with Gasteiger partial charge in [0.25, 0.3) is 5.88 Å². The summed E-state index contributed by atoms with van der Waals surface area (Å²) in [5, 5.41) is 8.57. The summed E-state index contributed by atoms with van der Waals surface area (Å²) in [7, 11) is 1.09. The number of nitriles is 1. The van der Waals surface area contributed by atoms with Gasteiger partial charge in [-0.2, -0.15) is 5.26 Å². The van der Waals surface area contributed by atoms with Gasteiger partial charge in [0, 0.05) is 17.3 Å². The Hall–Kier alpha value is -2.04. The van der Waals surface area contributed by atoms with Crippen molar-refractivity contribution in [2.24, 2.45) is 0 Å². The third-order valence-corrected chi connectivity index (χ3v) is 2.01. The van der Waals surface area contributed by atoms with Crippen LogP contribution in [0.2, 0.25) is 0 Å². The second kappa shape index (κ2) is 5.53. The molecule has 0 bridgehead atoms. The largest absolute Gasteiger partial charge is 0.574 e. The maximum Gasteiger partial charge on any atom is 0.574 e. The summed E-state index contributed by atoms with van der Waals surface area (Å²) in [5.74, 6) is -1.23. The summed E-state index contributed by atoms with van der Waals surface area (Å²) in [6.45, 7) is -0.966. The van der Waals surface area contributed by atoms with Crippen LogP contribution in [-0.4, -0.2) is 18.5 Å². The number of rotatable bonds is 4. The number of pyridine rings is 1. The quantitative estimate of drug-likeness (QED) is 0.784. The molecule has 1 rings (SSSR count). The summed E-state index contributed by atoms with van der Waals surface area (Å²) in [6.07, 6.45) is -4.36. The molecule has 0 N–H and O–H groups in total. The Morgan fingerprint density at radius 1 is 1.44 bits per heavy atom. The van der Waals surface area contributed by atoms with Crippen LogP contribution in [0.5, 0.6) is 11.6 Å². The molecule has 1 heterocycles. The lowest BCUT2D eigenvalue weighted by molar-refractivity contribution is -0.276. The minimum absolute atomic E-state index is 0.00301. The molecule has 1 aromatic rings. The predicted octanol–water partition coefficient (Wildman–Crippen LogP) is 2.52. The first kappa shape index (κ1) is 14.0. The third-order valence-electron chi connectivity index (χ3n) is 2.01. The maximum atomic E-state index is 12.6. The average molecular weight is 264 g/mol. The van der Waals surface area contributed by atoms with Crippen molar-refractivity contribution in [1.82, 2.24) is 4.98 Å². The van der Waals surface area contributed by atoms with E-state index in [9.17, 15) is 17.6 Å². The van der Waals surface area contributed by atoms with E-state index in [4.69, 9.17) is 10.00 Å². The van der Waals surface area contributed by atoms with Gasteiger partial charge in [-0.05, 0) is 0 Å². The molecular weight excluding hydrogens is 256 g/mol. The summed E-state index contributed by atoms with van der Waals surface area (Å²) in [6, 6.07) is 1.71. The van der Waals surface area contributed by atoms with Crippen molar-refractivity contribution in [3.05, 3.63) is 17.3 Å². The number of hydrogen-bond acceptors (Lipinski definition) is 4. The molecule has 0 aliphatic heterocycles. The molecule has 0 aliphatic rings. The highest BCUT2D eigenvalue weighted by Crippen LogP contribution is 2.35. The molecule has 0 aliphatic carbocycles. The van der Waals surface area contributed by atoms with Crippen molar-refractivity contribution in [3.8, 4) is 17.7 Å². The molecule has 0 saturated heterocycles. The fraction of sp³-hybridized carbons (Fsp3) is 0.400. The minimum atomic E-state index is -4.94. The lowest BCUT2D eigenvalue weighted by Gasteiger charge is -2.15. The van der Waals surface area contributed by atoms with Crippen LogP contribution in [0.1, 0.15) is 11.1 Å². The minimum Gasteiger partial charge on any atom is -0.491 e. The topological polar surface area (TPSA) is 55.1 Å². The molecule has 0 atom stereocenters. The predicted molar refractivity (Wildman–Crippen MR) is 51.6 cm³/mol. The average Bonchev–Trinajstić information content (AvgIpc) is 2.28. The monoisotopic (exact) mass is 264 g/mol. The van der Waals surface area contributed by atoms with Crippen LogP contribution in [0, 0.1) is 11.3 Å². The smallest absolute Gasteiger partial charge is 0.491 e. The van der Waals surface area contributed by atoms with Gasteiger partial charge in [0.05, 0.1) is 19.6 Å². The maximum absolute atomic E-state index is 12.6. The van der Waals surface area contributed by atoms with Crippen molar-refractivity contribution in [2.45, 2.75) is 19.5 Å². The molecule has 0 radical (unpaired) electrons. The molecule has 98 valence electrons. The van der Waals surface area contributed by atoms with Crippen LogP contribution in [0.4, 0.5) is 17.6 Å². The van der Waals surface area contributed by atoms with Gasteiger partial charge in [0.1, 0.15) is 6.67 Å². The number of nitrogens with zero attached hydrogens (tertiary/aromatic N) is 2. The number of hydrogen-bond donors (Lipinski definition) is 0. The van der Waals surface area contributed by atoms with Gasteiger partial charge in [0.2, 0.25) is 0 Å². The fourth-order valence-electron chi connectivity index (χ4n) is 1.33. The van der Waals surface area contributed by atoms with Crippen molar-refractivity contribution in [1.29, 1.82) is 5.26 Å². The van der Waals surface area contributed by atoms with E-state index < -0.39 is 18.9 Å². The van der Waals surface area contributed by atoms with E-state index in [2.05, 4.69) is 9.72 Å². The van der Waals surface area contributed by atoms with Crippen LogP contribution in [-0.2, 0) is 13.1 Å². The van der Waals surface area contributed by atoms with Crippen LogP contribution >= 0.6 is 0 Å². The highest BCUT2D eigenvalue weighted by Gasteiger charge is 2.34. The van der Waals surface area contributed by atoms with Crippen molar-refractivity contribution in [3.63, 3.8) is 0 Å².